The molecule has 0 spiro atoms. The van der Waals surface area contributed by atoms with Gasteiger partial charge in [0.2, 0.25) is 0 Å². The van der Waals surface area contributed by atoms with Gasteiger partial charge in [-0.25, -0.2) is 4.98 Å². The molecule has 96 valence electrons. The molecule has 0 radical (unpaired) electrons. The molecule has 0 saturated carbocycles. The zero-order valence-electron chi connectivity index (χ0n) is 10.2. The summed E-state index contributed by atoms with van der Waals surface area (Å²) >= 11 is 3.27. The summed E-state index contributed by atoms with van der Waals surface area (Å²) < 4.78 is 29.3. The van der Waals surface area contributed by atoms with Crippen LogP contribution in [0.2, 0.25) is 0 Å². The van der Waals surface area contributed by atoms with Crippen LogP contribution in [0.25, 0.3) is 0 Å². The lowest BCUT2D eigenvalue weighted by molar-refractivity contribution is 0.494. The first-order valence-electron chi connectivity index (χ1n) is 5.03. The Labute approximate surface area is 110 Å². The number of halogens is 1. The van der Waals surface area contributed by atoms with Crippen LogP contribution in [0.15, 0.2) is 16.7 Å². The Kier molecular flexibility index (Phi) is 4.16. The molecule has 1 aromatic rings. The van der Waals surface area contributed by atoms with Gasteiger partial charge in [-0.05, 0) is 55.3 Å². The summed E-state index contributed by atoms with van der Waals surface area (Å²) in [7, 11) is -3.61. The summed E-state index contributed by atoms with van der Waals surface area (Å²) in [5.41, 5.74) is 0.216. The van der Waals surface area contributed by atoms with E-state index in [4.69, 9.17) is 0 Å². The molecule has 0 unspecified atom stereocenters. The summed E-state index contributed by atoms with van der Waals surface area (Å²) in [6.45, 7) is 7.10. The zero-order valence-corrected chi connectivity index (χ0v) is 12.6. The van der Waals surface area contributed by atoms with Gasteiger partial charge >= 0.3 is 10.2 Å². The Hall–Kier alpha value is -0.660. The molecular formula is C10H16BrN3O2S. The number of nitrogens with zero attached hydrogens (tertiary/aromatic N) is 1. The second kappa shape index (κ2) is 4.91. The van der Waals surface area contributed by atoms with Crippen molar-refractivity contribution < 1.29 is 8.42 Å². The van der Waals surface area contributed by atoms with Gasteiger partial charge in [0.25, 0.3) is 0 Å². The number of anilines is 1. The molecule has 0 bridgehead atoms. The predicted octanol–water partition coefficient (Wildman–Crippen LogP) is 2.20. The lowest BCUT2D eigenvalue weighted by atomic mass is 10.1. The topological polar surface area (TPSA) is 71.1 Å². The zero-order chi connectivity index (χ0) is 13.3. The molecular weight excluding hydrogens is 306 g/mol. The minimum atomic E-state index is -3.61. The SMILES string of the molecule is Cc1cc(Br)cnc1NS(=O)(=O)NC(C)(C)C. The first-order chi connectivity index (χ1) is 7.59. The van der Waals surface area contributed by atoms with E-state index in [2.05, 4.69) is 30.4 Å². The summed E-state index contributed by atoms with van der Waals surface area (Å²) in [6, 6.07) is 1.79. The van der Waals surface area contributed by atoms with Gasteiger partial charge in [0.15, 0.2) is 0 Å². The van der Waals surface area contributed by atoms with Gasteiger partial charge in [-0.1, -0.05) is 0 Å². The number of aryl methyl sites for hydroxylation is 1. The van der Waals surface area contributed by atoms with Crippen LogP contribution in [-0.4, -0.2) is 18.9 Å². The first kappa shape index (κ1) is 14.4. The van der Waals surface area contributed by atoms with Crippen molar-refractivity contribution in [3.8, 4) is 0 Å². The number of nitrogens with one attached hydrogen (secondary N) is 2. The summed E-state index contributed by atoms with van der Waals surface area (Å²) in [6.07, 6.45) is 1.54. The number of hydrogen-bond acceptors (Lipinski definition) is 3. The maximum Gasteiger partial charge on any atom is 0.300 e. The van der Waals surface area contributed by atoms with Crippen LogP contribution in [0.1, 0.15) is 26.3 Å². The second-order valence-corrected chi connectivity index (χ2v) is 7.11. The molecule has 0 aliphatic carbocycles. The van der Waals surface area contributed by atoms with E-state index in [1.165, 1.54) is 0 Å². The highest BCUT2D eigenvalue weighted by atomic mass is 79.9. The van der Waals surface area contributed by atoms with Gasteiger partial charge in [0.05, 0.1) is 0 Å². The van der Waals surface area contributed by atoms with E-state index in [9.17, 15) is 8.42 Å². The van der Waals surface area contributed by atoms with Gasteiger partial charge in [-0.15, -0.1) is 0 Å². The third kappa shape index (κ3) is 5.01. The molecule has 0 aromatic carbocycles. The van der Waals surface area contributed by atoms with E-state index in [-0.39, 0.29) is 0 Å². The number of pyridine rings is 1. The summed E-state index contributed by atoms with van der Waals surface area (Å²) in [4.78, 5) is 4.02. The van der Waals surface area contributed by atoms with Crippen molar-refractivity contribution in [1.29, 1.82) is 0 Å². The molecule has 5 nitrogen and oxygen atoms in total. The van der Waals surface area contributed by atoms with Crippen LogP contribution in [-0.2, 0) is 10.2 Å². The minimum Gasteiger partial charge on any atom is -0.254 e. The van der Waals surface area contributed by atoms with Crippen molar-refractivity contribution in [2.75, 3.05) is 4.72 Å². The molecule has 1 aromatic heterocycles. The van der Waals surface area contributed by atoms with Crippen LogP contribution in [0.4, 0.5) is 5.82 Å². The Morgan fingerprint density at radius 1 is 1.35 bits per heavy atom. The van der Waals surface area contributed by atoms with E-state index in [1.807, 2.05) is 0 Å². The first-order valence-corrected chi connectivity index (χ1v) is 7.30. The molecule has 0 fully saturated rings. The quantitative estimate of drug-likeness (QED) is 0.896. The van der Waals surface area contributed by atoms with Crippen molar-refractivity contribution in [1.82, 2.24) is 9.71 Å². The molecule has 17 heavy (non-hydrogen) atoms. The minimum absolute atomic E-state index is 0.324. The van der Waals surface area contributed by atoms with E-state index >= 15 is 0 Å². The molecule has 0 atom stereocenters. The Morgan fingerprint density at radius 2 is 1.94 bits per heavy atom. The molecule has 0 saturated heterocycles. The Bertz CT molecular complexity index is 509. The fourth-order valence-electron chi connectivity index (χ4n) is 1.20. The van der Waals surface area contributed by atoms with E-state index in [0.29, 0.717) is 5.82 Å². The van der Waals surface area contributed by atoms with Crippen molar-refractivity contribution in [2.24, 2.45) is 0 Å². The summed E-state index contributed by atoms with van der Waals surface area (Å²) in [5, 5.41) is 0. The molecule has 1 rings (SSSR count). The molecule has 2 N–H and O–H groups in total. The Balaban J connectivity index is 2.91. The number of rotatable bonds is 3. The maximum atomic E-state index is 11.8. The predicted molar refractivity (Wildman–Crippen MR) is 72.1 cm³/mol. The van der Waals surface area contributed by atoms with Gasteiger partial charge in [0, 0.05) is 16.2 Å². The summed E-state index contributed by atoms with van der Waals surface area (Å²) in [5.74, 6) is 0.324. The third-order valence-corrected chi connectivity index (χ3v) is 3.49. The molecule has 1 heterocycles. The van der Waals surface area contributed by atoms with Crippen LogP contribution in [0, 0.1) is 6.92 Å². The third-order valence-electron chi connectivity index (χ3n) is 1.72. The fourth-order valence-corrected chi connectivity index (χ4v) is 2.97. The van der Waals surface area contributed by atoms with Crippen LogP contribution in [0.5, 0.6) is 0 Å². The van der Waals surface area contributed by atoms with Crippen molar-refractivity contribution >= 4 is 32.0 Å². The van der Waals surface area contributed by atoms with Crippen LogP contribution >= 0.6 is 15.9 Å². The second-order valence-electron chi connectivity index (χ2n) is 4.78. The van der Waals surface area contributed by atoms with E-state index in [0.717, 1.165) is 10.0 Å². The van der Waals surface area contributed by atoms with Crippen LogP contribution in [0.3, 0.4) is 0 Å². The van der Waals surface area contributed by atoms with Gasteiger partial charge < -0.3 is 0 Å². The highest BCUT2D eigenvalue weighted by molar-refractivity contribution is 9.10. The maximum absolute atomic E-state index is 11.8. The Morgan fingerprint density at radius 3 is 2.41 bits per heavy atom. The molecule has 7 heteroatoms. The van der Waals surface area contributed by atoms with E-state index < -0.39 is 15.7 Å². The number of hydrogen-bond donors (Lipinski definition) is 2. The molecule has 0 aliphatic heterocycles. The van der Waals surface area contributed by atoms with Crippen molar-refractivity contribution in [3.63, 3.8) is 0 Å². The van der Waals surface area contributed by atoms with Crippen molar-refractivity contribution in [3.05, 3.63) is 22.3 Å². The van der Waals surface area contributed by atoms with Crippen molar-refractivity contribution in [2.45, 2.75) is 33.2 Å². The number of aromatic nitrogens is 1. The largest absolute Gasteiger partial charge is 0.300 e. The molecule has 0 amide bonds. The smallest absolute Gasteiger partial charge is 0.254 e. The monoisotopic (exact) mass is 321 g/mol. The van der Waals surface area contributed by atoms with E-state index in [1.54, 1.807) is 40.0 Å². The normalized spacial score (nSPS) is 12.5. The highest BCUT2D eigenvalue weighted by Gasteiger charge is 2.20. The van der Waals surface area contributed by atoms with Gasteiger partial charge in [-0.3, -0.25) is 4.72 Å². The average molecular weight is 322 g/mol. The standard InChI is InChI=1S/C10H16BrN3O2S/c1-7-5-8(11)6-12-9(7)13-17(15,16)14-10(2,3)4/h5-6,14H,1-4H3,(H,12,13). The fraction of sp³-hybridized carbons (Fsp3) is 0.500. The average Bonchev–Trinajstić information content (AvgIpc) is 2.05. The lowest BCUT2D eigenvalue weighted by Crippen LogP contribution is -2.43. The lowest BCUT2D eigenvalue weighted by Gasteiger charge is -2.21. The molecule has 0 aliphatic rings. The van der Waals surface area contributed by atoms with Crippen LogP contribution < -0.4 is 9.44 Å². The van der Waals surface area contributed by atoms with Gasteiger partial charge in [-0.2, -0.15) is 13.1 Å². The highest BCUT2D eigenvalue weighted by Crippen LogP contribution is 2.17. The van der Waals surface area contributed by atoms with Gasteiger partial charge in [0.1, 0.15) is 5.82 Å².